The van der Waals surface area contributed by atoms with Crippen molar-refractivity contribution < 1.29 is 4.52 Å². The topological polar surface area (TPSA) is 38.1 Å². The van der Waals surface area contributed by atoms with Gasteiger partial charge in [0.2, 0.25) is 0 Å². The molecule has 78 valence electrons. The highest BCUT2D eigenvalue weighted by molar-refractivity contribution is 5.56. The highest BCUT2D eigenvalue weighted by Crippen LogP contribution is 2.19. The van der Waals surface area contributed by atoms with Crippen molar-refractivity contribution in [3.05, 3.63) is 42.1 Å². The minimum atomic E-state index is 0.757. The van der Waals surface area contributed by atoms with Crippen LogP contribution in [0.15, 0.2) is 40.9 Å². The Kier molecular flexibility index (Phi) is 3.15. The van der Waals surface area contributed by atoms with Gasteiger partial charge >= 0.3 is 0 Å². The summed E-state index contributed by atoms with van der Waals surface area (Å²) in [5.74, 6) is 0.823. The Bertz CT molecular complexity index is 409. The van der Waals surface area contributed by atoms with Crippen molar-refractivity contribution in [3.63, 3.8) is 0 Å². The van der Waals surface area contributed by atoms with Gasteiger partial charge in [-0.25, -0.2) is 0 Å². The number of aromatic nitrogens is 1. The third-order valence-electron chi connectivity index (χ3n) is 2.17. The molecule has 0 aliphatic carbocycles. The van der Waals surface area contributed by atoms with Crippen LogP contribution in [0.5, 0.6) is 0 Å². The molecule has 2 rings (SSSR count). The maximum Gasteiger partial charge on any atom is 0.167 e. The minimum absolute atomic E-state index is 0.757. The molecule has 1 heterocycles. The Morgan fingerprint density at radius 1 is 1.27 bits per heavy atom. The molecule has 0 fully saturated rings. The molecular formula is C12H14N2O. The molecule has 0 aliphatic rings. The standard InChI is InChI=1S/C12H14N2O/c1-2-13-9-11-8-12(15-14-11)10-6-4-3-5-7-10/h3-8,13H,2,9H2,1H3. The first kappa shape index (κ1) is 9.93. The summed E-state index contributed by atoms with van der Waals surface area (Å²) in [6, 6.07) is 12.0. The average Bonchev–Trinajstić information content (AvgIpc) is 2.76. The Morgan fingerprint density at radius 2 is 2.07 bits per heavy atom. The van der Waals surface area contributed by atoms with E-state index in [4.69, 9.17) is 4.52 Å². The SMILES string of the molecule is CCNCc1cc(-c2ccccc2)on1. The van der Waals surface area contributed by atoms with Gasteiger partial charge in [0.05, 0.1) is 5.69 Å². The number of nitrogens with one attached hydrogen (secondary N) is 1. The van der Waals surface area contributed by atoms with Gasteiger partial charge in [-0.15, -0.1) is 0 Å². The lowest BCUT2D eigenvalue weighted by molar-refractivity contribution is 0.420. The third-order valence-corrected chi connectivity index (χ3v) is 2.17. The van der Waals surface area contributed by atoms with Gasteiger partial charge in [-0.3, -0.25) is 0 Å². The third kappa shape index (κ3) is 2.44. The van der Waals surface area contributed by atoms with Crippen LogP contribution < -0.4 is 5.32 Å². The van der Waals surface area contributed by atoms with Gasteiger partial charge in [-0.2, -0.15) is 0 Å². The van der Waals surface area contributed by atoms with Gasteiger partial charge in [-0.05, 0) is 6.54 Å². The predicted molar refractivity (Wildman–Crippen MR) is 59.3 cm³/mol. The first-order valence-corrected chi connectivity index (χ1v) is 5.12. The normalized spacial score (nSPS) is 10.5. The fourth-order valence-corrected chi connectivity index (χ4v) is 1.39. The van der Waals surface area contributed by atoms with Gasteiger partial charge in [0.15, 0.2) is 5.76 Å². The fraction of sp³-hybridized carbons (Fsp3) is 0.250. The van der Waals surface area contributed by atoms with Crippen molar-refractivity contribution >= 4 is 0 Å². The van der Waals surface area contributed by atoms with Crippen molar-refractivity contribution in [1.29, 1.82) is 0 Å². The monoisotopic (exact) mass is 202 g/mol. The Labute approximate surface area is 89.1 Å². The van der Waals surface area contributed by atoms with Crippen molar-refractivity contribution in [2.75, 3.05) is 6.54 Å². The second-order valence-electron chi connectivity index (χ2n) is 3.33. The molecule has 2 aromatic rings. The fourth-order valence-electron chi connectivity index (χ4n) is 1.39. The quantitative estimate of drug-likeness (QED) is 0.827. The summed E-state index contributed by atoms with van der Waals surface area (Å²) < 4.78 is 5.26. The van der Waals surface area contributed by atoms with E-state index in [1.807, 2.05) is 36.4 Å². The van der Waals surface area contributed by atoms with E-state index in [0.717, 1.165) is 30.1 Å². The van der Waals surface area contributed by atoms with Crippen LogP contribution in [0.3, 0.4) is 0 Å². The lowest BCUT2D eigenvalue weighted by atomic mass is 10.2. The van der Waals surface area contributed by atoms with E-state index >= 15 is 0 Å². The van der Waals surface area contributed by atoms with Crippen molar-refractivity contribution in [1.82, 2.24) is 10.5 Å². The van der Waals surface area contributed by atoms with E-state index < -0.39 is 0 Å². The van der Waals surface area contributed by atoms with Crippen molar-refractivity contribution in [3.8, 4) is 11.3 Å². The number of hydrogen-bond acceptors (Lipinski definition) is 3. The highest BCUT2D eigenvalue weighted by Gasteiger charge is 2.04. The zero-order valence-electron chi connectivity index (χ0n) is 8.73. The lowest BCUT2D eigenvalue weighted by Gasteiger charge is -1.93. The van der Waals surface area contributed by atoms with Crippen molar-refractivity contribution in [2.45, 2.75) is 13.5 Å². The smallest absolute Gasteiger partial charge is 0.167 e. The average molecular weight is 202 g/mol. The summed E-state index contributed by atoms with van der Waals surface area (Å²) in [6.45, 7) is 3.76. The van der Waals surface area contributed by atoms with Crippen LogP contribution in [0, 0.1) is 0 Å². The largest absolute Gasteiger partial charge is 0.356 e. The number of hydrogen-bond donors (Lipinski definition) is 1. The maximum atomic E-state index is 5.26. The molecule has 1 N–H and O–H groups in total. The molecule has 0 saturated carbocycles. The summed E-state index contributed by atoms with van der Waals surface area (Å²) in [4.78, 5) is 0. The number of benzene rings is 1. The molecule has 0 radical (unpaired) electrons. The lowest BCUT2D eigenvalue weighted by Crippen LogP contribution is -2.11. The molecule has 0 amide bonds. The first-order valence-electron chi connectivity index (χ1n) is 5.12. The van der Waals surface area contributed by atoms with Gasteiger partial charge in [0.25, 0.3) is 0 Å². The molecule has 3 nitrogen and oxygen atoms in total. The summed E-state index contributed by atoms with van der Waals surface area (Å²) in [5.41, 5.74) is 2.00. The van der Waals surface area contributed by atoms with E-state index in [9.17, 15) is 0 Å². The first-order chi connectivity index (χ1) is 7.40. The molecule has 0 aliphatic heterocycles. The van der Waals surface area contributed by atoms with Crippen LogP contribution in [0.1, 0.15) is 12.6 Å². The molecule has 0 saturated heterocycles. The second-order valence-corrected chi connectivity index (χ2v) is 3.33. The van der Waals surface area contributed by atoms with E-state index in [1.165, 1.54) is 0 Å². The molecule has 0 spiro atoms. The molecule has 0 bridgehead atoms. The van der Waals surface area contributed by atoms with Crippen LogP contribution in [-0.2, 0) is 6.54 Å². The predicted octanol–water partition coefficient (Wildman–Crippen LogP) is 2.45. The number of nitrogens with zero attached hydrogens (tertiary/aromatic N) is 1. The Morgan fingerprint density at radius 3 is 2.80 bits per heavy atom. The molecule has 0 atom stereocenters. The van der Waals surface area contributed by atoms with Gasteiger partial charge in [0, 0.05) is 18.2 Å². The molecule has 15 heavy (non-hydrogen) atoms. The molecule has 3 heteroatoms. The highest BCUT2D eigenvalue weighted by atomic mass is 16.5. The maximum absolute atomic E-state index is 5.26. The van der Waals surface area contributed by atoms with Gasteiger partial charge in [-0.1, -0.05) is 42.4 Å². The van der Waals surface area contributed by atoms with Gasteiger partial charge in [0.1, 0.15) is 0 Å². The zero-order chi connectivity index (χ0) is 10.5. The minimum Gasteiger partial charge on any atom is -0.356 e. The second kappa shape index (κ2) is 4.75. The Balaban J connectivity index is 2.14. The summed E-state index contributed by atoms with van der Waals surface area (Å²) in [7, 11) is 0. The zero-order valence-corrected chi connectivity index (χ0v) is 8.73. The van der Waals surface area contributed by atoms with Crippen LogP contribution >= 0.6 is 0 Å². The molecule has 1 aromatic heterocycles. The van der Waals surface area contributed by atoms with Crippen LogP contribution in [0.4, 0.5) is 0 Å². The number of rotatable bonds is 4. The summed E-state index contributed by atoms with van der Waals surface area (Å²) in [5, 5.41) is 7.20. The van der Waals surface area contributed by atoms with E-state index in [2.05, 4.69) is 17.4 Å². The Hall–Kier alpha value is -1.61. The molecule has 1 aromatic carbocycles. The van der Waals surface area contributed by atoms with Crippen LogP contribution in [0.25, 0.3) is 11.3 Å². The van der Waals surface area contributed by atoms with E-state index in [-0.39, 0.29) is 0 Å². The van der Waals surface area contributed by atoms with E-state index in [1.54, 1.807) is 0 Å². The van der Waals surface area contributed by atoms with Crippen molar-refractivity contribution in [2.24, 2.45) is 0 Å². The molecule has 0 unspecified atom stereocenters. The molecular weight excluding hydrogens is 188 g/mol. The summed E-state index contributed by atoms with van der Waals surface area (Å²) >= 11 is 0. The summed E-state index contributed by atoms with van der Waals surface area (Å²) in [6.07, 6.45) is 0. The van der Waals surface area contributed by atoms with Crippen LogP contribution in [0.2, 0.25) is 0 Å². The van der Waals surface area contributed by atoms with Crippen LogP contribution in [-0.4, -0.2) is 11.7 Å². The van der Waals surface area contributed by atoms with E-state index in [0.29, 0.717) is 0 Å². The van der Waals surface area contributed by atoms with Gasteiger partial charge < -0.3 is 9.84 Å².